The summed E-state index contributed by atoms with van der Waals surface area (Å²) in [5, 5.41) is 3.36. The smallest absolute Gasteiger partial charge is 0.257 e. The van der Waals surface area contributed by atoms with Gasteiger partial charge in [0.25, 0.3) is 15.9 Å². The van der Waals surface area contributed by atoms with Gasteiger partial charge >= 0.3 is 0 Å². The van der Waals surface area contributed by atoms with Crippen molar-refractivity contribution >= 4 is 44.2 Å². The lowest BCUT2D eigenvalue weighted by Gasteiger charge is -2.22. The Morgan fingerprint density at radius 2 is 2.04 bits per heavy atom. The molecule has 0 fully saturated rings. The number of nitrogens with one attached hydrogen (secondary N) is 1. The SMILES string of the molecule is Cc1ccccc1NC(=O)c1ccc2c(c1)SC1=NS(=O)(=O)CCN12. The zero-order valence-corrected chi connectivity index (χ0v) is 15.0. The van der Waals surface area contributed by atoms with E-state index in [4.69, 9.17) is 0 Å². The highest BCUT2D eigenvalue weighted by Gasteiger charge is 2.33. The average Bonchev–Trinajstić information content (AvgIpc) is 2.91. The lowest BCUT2D eigenvalue weighted by atomic mass is 10.1. The molecule has 2 aromatic rings. The first-order chi connectivity index (χ1) is 11.9. The molecule has 25 heavy (non-hydrogen) atoms. The Labute approximate surface area is 150 Å². The molecule has 8 heteroatoms. The summed E-state index contributed by atoms with van der Waals surface area (Å²) in [6.45, 7) is 2.32. The van der Waals surface area contributed by atoms with Crippen LogP contribution in [0.5, 0.6) is 0 Å². The second kappa shape index (κ2) is 5.89. The lowest BCUT2D eigenvalue weighted by Crippen LogP contribution is -2.35. The second-order valence-electron chi connectivity index (χ2n) is 5.87. The van der Waals surface area contributed by atoms with Gasteiger partial charge in [-0.1, -0.05) is 18.2 Å². The number of thioether (sulfide) groups is 1. The van der Waals surface area contributed by atoms with Crippen molar-refractivity contribution in [3.8, 4) is 0 Å². The maximum Gasteiger partial charge on any atom is 0.257 e. The van der Waals surface area contributed by atoms with Gasteiger partial charge in [-0.2, -0.15) is 0 Å². The zero-order chi connectivity index (χ0) is 17.6. The van der Waals surface area contributed by atoms with Gasteiger partial charge in [0.15, 0.2) is 5.17 Å². The molecule has 2 aromatic carbocycles. The number of sulfonamides is 1. The average molecular weight is 373 g/mol. The minimum atomic E-state index is -3.38. The van der Waals surface area contributed by atoms with Crippen LogP contribution in [0.4, 0.5) is 11.4 Å². The molecule has 0 saturated heterocycles. The molecule has 6 nitrogen and oxygen atoms in total. The van der Waals surface area contributed by atoms with Crippen LogP contribution in [-0.4, -0.2) is 31.8 Å². The van der Waals surface area contributed by atoms with E-state index >= 15 is 0 Å². The van der Waals surface area contributed by atoms with E-state index < -0.39 is 10.0 Å². The molecule has 0 saturated carbocycles. The van der Waals surface area contributed by atoms with Crippen molar-refractivity contribution in [3.63, 3.8) is 0 Å². The zero-order valence-electron chi connectivity index (χ0n) is 13.4. The Kier molecular flexibility index (Phi) is 3.81. The van der Waals surface area contributed by atoms with Gasteiger partial charge < -0.3 is 10.2 Å². The minimum Gasteiger partial charge on any atom is -0.322 e. The quantitative estimate of drug-likeness (QED) is 0.876. The number of para-hydroxylation sites is 1. The summed E-state index contributed by atoms with van der Waals surface area (Å²) in [6.07, 6.45) is 0. The first kappa shape index (κ1) is 16.2. The number of benzene rings is 2. The van der Waals surface area contributed by atoms with Gasteiger partial charge in [-0.05, 0) is 48.5 Å². The van der Waals surface area contributed by atoms with Gasteiger partial charge in [0, 0.05) is 22.7 Å². The highest BCUT2D eigenvalue weighted by Crippen LogP contribution is 2.42. The van der Waals surface area contributed by atoms with E-state index in [1.54, 1.807) is 12.1 Å². The molecule has 2 heterocycles. The number of aryl methyl sites for hydroxylation is 1. The number of amides is 1. The molecule has 1 N–H and O–H groups in total. The van der Waals surface area contributed by atoms with Crippen LogP contribution in [0.3, 0.4) is 0 Å². The monoisotopic (exact) mass is 373 g/mol. The molecule has 0 spiro atoms. The Morgan fingerprint density at radius 3 is 2.84 bits per heavy atom. The molecule has 0 aromatic heterocycles. The summed E-state index contributed by atoms with van der Waals surface area (Å²) in [5.41, 5.74) is 3.18. The number of carbonyl (C=O) groups is 1. The number of anilines is 2. The van der Waals surface area contributed by atoms with Gasteiger partial charge in [0.2, 0.25) is 0 Å². The Hall–Kier alpha value is -2.32. The lowest BCUT2D eigenvalue weighted by molar-refractivity contribution is 0.102. The molecule has 0 atom stereocenters. The van der Waals surface area contributed by atoms with Gasteiger partial charge in [-0.3, -0.25) is 4.79 Å². The van der Waals surface area contributed by atoms with Gasteiger partial charge in [0.1, 0.15) is 0 Å². The summed E-state index contributed by atoms with van der Waals surface area (Å²) >= 11 is 1.28. The van der Waals surface area contributed by atoms with Crippen molar-refractivity contribution in [2.75, 3.05) is 22.5 Å². The Morgan fingerprint density at radius 1 is 1.24 bits per heavy atom. The molecule has 0 radical (unpaired) electrons. The first-order valence-electron chi connectivity index (χ1n) is 7.72. The number of hydrogen-bond donors (Lipinski definition) is 1. The van der Waals surface area contributed by atoms with Crippen LogP contribution in [0.1, 0.15) is 15.9 Å². The maximum absolute atomic E-state index is 12.5. The first-order valence-corrected chi connectivity index (χ1v) is 10.1. The number of fused-ring (bicyclic) bond motifs is 3. The molecule has 2 aliphatic heterocycles. The highest BCUT2D eigenvalue weighted by atomic mass is 32.2. The standard InChI is InChI=1S/C17H15N3O3S2/c1-11-4-2-3-5-13(11)18-16(21)12-6-7-14-15(10-12)24-17-19-25(22,23)9-8-20(14)17/h2-7,10H,8-9H2,1H3,(H,18,21). The van der Waals surface area contributed by atoms with Crippen molar-refractivity contribution in [3.05, 3.63) is 53.6 Å². The summed E-state index contributed by atoms with van der Waals surface area (Å²) < 4.78 is 27.1. The summed E-state index contributed by atoms with van der Waals surface area (Å²) in [4.78, 5) is 15.2. The van der Waals surface area contributed by atoms with Crippen LogP contribution in [0, 0.1) is 6.92 Å². The number of amidine groups is 1. The number of nitrogens with zero attached hydrogens (tertiary/aromatic N) is 2. The topological polar surface area (TPSA) is 78.8 Å². The molecule has 1 amide bonds. The van der Waals surface area contributed by atoms with Crippen LogP contribution in [-0.2, 0) is 10.0 Å². The van der Waals surface area contributed by atoms with E-state index in [0.29, 0.717) is 17.3 Å². The molecule has 0 bridgehead atoms. The summed E-state index contributed by atoms with van der Waals surface area (Å²) in [6, 6.07) is 13.0. The van der Waals surface area contributed by atoms with Gasteiger partial charge in [-0.15, -0.1) is 4.40 Å². The highest BCUT2D eigenvalue weighted by molar-refractivity contribution is 8.15. The molecule has 128 valence electrons. The minimum absolute atomic E-state index is 0.00597. The van der Waals surface area contributed by atoms with E-state index in [1.165, 1.54) is 11.8 Å². The number of hydrogen-bond acceptors (Lipinski definition) is 5. The third-order valence-corrected chi connectivity index (χ3v) is 6.43. The molecule has 2 aliphatic rings. The summed E-state index contributed by atoms with van der Waals surface area (Å²) in [5.74, 6) is -0.191. The van der Waals surface area contributed by atoms with Crippen LogP contribution in [0.2, 0.25) is 0 Å². The van der Waals surface area contributed by atoms with Crippen molar-refractivity contribution in [2.24, 2.45) is 4.40 Å². The molecule has 0 aliphatic carbocycles. The fourth-order valence-electron chi connectivity index (χ4n) is 2.78. The van der Waals surface area contributed by atoms with Crippen molar-refractivity contribution in [1.82, 2.24) is 0 Å². The Balaban J connectivity index is 1.62. The largest absolute Gasteiger partial charge is 0.322 e. The van der Waals surface area contributed by atoms with E-state index in [9.17, 15) is 13.2 Å². The molecule has 0 unspecified atom stereocenters. The van der Waals surface area contributed by atoms with E-state index in [-0.39, 0.29) is 11.7 Å². The van der Waals surface area contributed by atoms with E-state index in [1.807, 2.05) is 42.2 Å². The van der Waals surface area contributed by atoms with E-state index in [2.05, 4.69) is 9.71 Å². The third kappa shape index (κ3) is 3.03. The van der Waals surface area contributed by atoms with Crippen LogP contribution < -0.4 is 10.2 Å². The number of rotatable bonds is 2. The molecule has 4 rings (SSSR count). The maximum atomic E-state index is 12.5. The van der Waals surface area contributed by atoms with Crippen LogP contribution in [0.15, 0.2) is 51.8 Å². The van der Waals surface area contributed by atoms with Crippen LogP contribution in [0.25, 0.3) is 0 Å². The second-order valence-corrected chi connectivity index (χ2v) is 8.63. The van der Waals surface area contributed by atoms with Gasteiger partial charge in [-0.25, -0.2) is 8.42 Å². The summed E-state index contributed by atoms with van der Waals surface area (Å²) in [7, 11) is -3.38. The van der Waals surface area contributed by atoms with Gasteiger partial charge in [0.05, 0.1) is 11.4 Å². The third-order valence-electron chi connectivity index (χ3n) is 4.13. The predicted octanol–water partition coefficient (Wildman–Crippen LogP) is 2.86. The fraction of sp³-hybridized carbons (Fsp3) is 0.176. The Bertz CT molecular complexity index is 1020. The van der Waals surface area contributed by atoms with Crippen molar-refractivity contribution in [1.29, 1.82) is 0 Å². The normalized spacial score (nSPS) is 17.5. The fourth-order valence-corrected chi connectivity index (χ4v) is 5.08. The number of carbonyl (C=O) groups excluding carboxylic acids is 1. The van der Waals surface area contributed by atoms with Crippen molar-refractivity contribution in [2.45, 2.75) is 11.8 Å². The van der Waals surface area contributed by atoms with Crippen LogP contribution >= 0.6 is 11.8 Å². The predicted molar refractivity (Wildman–Crippen MR) is 100.0 cm³/mol. The van der Waals surface area contributed by atoms with E-state index in [0.717, 1.165) is 21.8 Å². The van der Waals surface area contributed by atoms with Crippen molar-refractivity contribution < 1.29 is 13.2 Å². The molecular formula is C17H15N3O3S2. The molecular weight excluding hydrogens is 358 g/mol.